The Kier molecular flexibility index (Phi) is 6.18. The molecule has 0 fully saturated rings. The van der Waals surface area contributed by atoms with Crippen LogP contribution in [0.2, 0.25) is 0 Å². The topological polar surface area (TPSA) is 4.93 Å². The second-order valence-corrected chi connectivity index (χ2v) is 17.2. The van der Waals surface area contributed by atoms with Crippen molar-refractivity contribution in [3.05, 3.63) is 220 Å². The van der Waals surface area contributed by atoms with Crippen molar-refractivity contribution in [3.63, 3.8) is 0 Å². The molecular weight excluding hydrogens is 675 g/mol. The zero-order valence-corrected chi connectivity index (χ0v) is 32.2. The van der Waals surface area contributed by atoms with E-state index in [1.807, 2.05) is 0 Å². The van der Waals surface area contributed by atoms with Gasteiger partial charge in [-0.05, 0) is 96.1 Å². The van der Waals surface area contributed by atoms with E-state index in [0.717, 1.165) is 0 Å². The van der Waals surface area contributed by atoms with Gasteiger partial charge in [0.25, 0.3) is 0 Å². The average Bonchev–Trinajstić information content (AvgIpc) is 3.89. The minimum Gasteiger partial charge on any atom is -0.309 e. The molecule has 266 valence electrons. The van der Waals surface area contributed by atoms with Gasteiger partial charge in [0.15, 0.2) is 0 Å². The van der Waals surface area contributed by atoms with Crippen molar-refractivity contribution in [3.8, 4) is 39.1 Å². The summed E-state index contributed by atoms with van der Waals surface area (Å²) >= 11 is 0. The predicted octanol–water partition coefficient (Wildman–Crippen LogP) is 13.8. The summed E-state index contributed by atoms with van der Waals surface area (Å²) in [5.74, 6) is 0. The molecule has 1 heteroatoms. The van der Waals surface area contributed by atoms with Crippen LogP contribution >= 0.6 is 0 Å². The summed E-state index contributed by atoms with van der Waals surface area (Å²) in [4.78, 5) is 0. The van der Waals surface area contributed by atoms with E-state index in [2.05, 4.69) is 208 Å². The van der Waals surface area contributed by atoms with Crippen LogP contribution in [0.25, 0.3) is 60.9 Å². The lowest BCUT2D eigenvalue weighted by atomic mass is 9.67. The van der Waals surface area contributed by atoms with E-state index in [4.69, 9.17) is 0 Å². The van der Waals surface area contributed by atoms with Gasteiger partial charge in [0.05, 0.1) is 16.4 Å². The lowest BCUT2D eigenvalue weighted by molar-refractivity contribution is 0.658. The van der Waals surface area contributed by atoms with Gasteiger partial charge in [-0.1, -0.05) is 185 Å². The molecule has 12 rings (SSSR count). The Labute approximate surface area is 328 Å². The van der Waals surface area contributed by atoms with Crippen LogP contribution in [0, 0.1) is 0 Å². The fourth-order valence-corrected chi connectivity index (χ4v) is 11.6. The molecule has 0 spiro atoms. The monoisotopic (exact) mass is 715 g/mol. The molecule has 9 aromatic rings. The Hall–Kier alpha value is -6.44. The van der Waals surface area contributed by atoms with Crippen molar-refractivity contribution in [2.45, 2.75) is 43.9 Å². The van der Waals surface area contributed by atoms with Crippen molar-refractivity contribution in [2.75, 3.05) is 0 Å². The van der Waals surface area contributed by atoms with Gasteiger partial charge < -0.3 is 4.57 Å². The number of rotatable bonds is 3. The fourth-order valence-electron chi connectivity index (χ4n) is 11.6. The first-order chi connectivity index (χ1) is 27.3. The van der Waals surface area contributed by atoms with Crippen molar-refractivity contribution in [2.24, 2.45) is 0 Å². The van der Waals surface area contributed by atoms with E-state index in [1.54, 1.807) is 0 Å². The lowest BCUT2D eigenvalue weighted by Crippen LogP contribution is -2.28. The Morgan fingerprint density at radius 3 is 1.52 bits per heavy atom. The highest BCUT2D eigenvalue weighted by Crippen LogP contribution is 2.64. The fraction of sp³-hybridized carbons (Fsp3) is 0.127. The zero-order chi connectivity index (χ0) is 37.6. The summed E-state index contributed by atoms with van der Waals surface area (Å²) in [6.07, 6.45) is 0. The highest BCUT2D eigenvalue weighted by Gasteiger charge is 2.49. The first-order valence-corrected chi connectivity index (χ1v) is 20.0. The highest BCUT2D eigenvalue weighted by atomic mass is 15.0. The number of para-hydroxylation sites is 1. The summed E-state index contributed by atoms with van der Waals surface area (Å²) in [7, 11) is 0. The van der Waals surface area contributed by atoms with Gasteiger partial charge in [-0.3, -0.25) is 0 Å². The van der Waals surface area contributed by atoms with E-state index in [0.29, 0.717) is 0 Å². The van der Waals surface area contributed by atoms with Gasteiger partial charge in [-0.15, -0.1) is 0 Å². The first-order valence-electron chi connectivity index (χ1n) is 20.0. The smallest absolute Gasteiger partial charge is 0.0714 e. The van der Waals surface area contributed by atoms with E-state index in [1.165, 1.54) is 105 Å². The minimum atomic E-state index is -0.481. The maximum absolute atomic E-state index is 2.64. The minimum absolute atomic E-state index is 0.189. The summed E-state index contributed by atoms with van der Waals surface area (Å²) in [5, 5.41) is 2.70. The average molecular weight is 716 g/mol. The number of nitrogens with zero attached hydrogens (tertiary/aromatic N) is 1. The molecule has 0 radical (unpaired) electrons. The number of fused-ring (bicyclic) bond motifs is 15. The SMILES string of the molecule is CC1(C)c2ccccc2-c2c3c(c4c(c21)c1ccccc1n4-c1ccc2c(c1)C(c1ccccc1)(c1ccccc1)c1ccccc1-2)C(C)(C)c1ccccc1-3. The maximum Gasteiger partial charge on any atom is 0.0714 e. The van der Waals surface area contributed by atoms with Crippen LogP contribution < -0.4 is 0 Å². The van der Waals surface area contributed by atoms with Crippen LogP contribution in [0.4, 0.5) is 0 Å². The third-order valence-electron chi connectivity index (χ3n) is 13.8. The number of benzene rings is 8. The molecule has 0 unspecified atom stereocenters. The third kappa shape index (κ3) is 3.72. The molecule has 0 N–H and O–H groups in total. The molecule has 0 saturated heterocycles. The summed E-state index contributed by atoms with van der Waals surface area (Å²) in [6, 6.07) is 66.3. The molecule has 0 aliphatic heterocycles. The Balaban J connectivity index is 1.27. The zero-order valence-electron chi connectivity index (χ0n) is 32.2. The van der Waals surface area contributed by atoms with Crippen LogP contribution in [-0.2, 0) is 16.2 Å². The van der Waals surface area contributed by atoms with E-state index in [-0.39, 0.29) is 10.8 Å². The Morgan fingerprint density at radius 1 is 0.393 bits per heavy atom. The van der Waals surface area contributed by atoms with E-state index in [9.17, 15) is 0 Å². The maximum atomic E-state index is 2.64. The Bertz CT molecular complexity index is 3080. The lowest BCUT2D eigenvalue weighted by Gasteiger charge is -2.34. The van der Waals surface area contributed by atoms with Gasteiger partial charge in [-0.25, -0.2) is 0 Å². The number of hydrogen-bond donors (Lipinski definition) is 0. The molecular formula is C55H41N. The van der Waals surface area contributed by atoms with Gasteiger partial charge >= 0.3 is 0 Å². The van der Waals surface area contributed by atoms with Crippen LogP contribution in [0.15, 0.2) is 176 Å². The van der Waals surface area contributed by atoms with Crippen LogP contribution in [0.1, 0.15) is 72.2 Å². The quantitative estimate of drug-likeness (QED) is 0.172. The summed E-state index contributed by atoms with van der Waals surface area (Å²) in [6.45, 7) is 9.80. The van der Waals surface area contributed by atoms with E-state index < -0.39 is 5.41 Å². The molecule has 0 saturated carbocycles. The van der Waals surface area contributed by atoms with Crippen LogP contribution in [0.5, 0.6) is 0 Å². The second kappa shape index (κ2) is 10.9. The standard InChI is InChI=1S/C55H41N/c1-53(2)42-27-15-12-24-39(42)47-48-40-25-13-16-28-43(40)54(3,4)51(48)52-49(50(47)53)41-26-14-18-30-46(41)56(52)36-31-32-38-37-23-11-17-29-44(37)55(45(38)33-36,34-19-7-5-8-20-34)35-21-9-6-10-22-35/h5-33H,1-4H3. The number of hydrogen-bond acceptors (Lipinski definition) is 0. The largest absolute Gasteiger partial charge is 0.309 e. The van der Waals surface area contributed by atoms with Crippen LogP contribution in [-0.4, -0.2) is 4.57 Å². The predicted molar refractivity (Wildman–Crippen MR) is 233 cm³/mol. The third-order valence-corrected chi connectivity index (χ3v) is 13.8. The van der Waals surface area contributed by atoms with Gasteiger partial charge in [0.1, 0.15) is 0 Å². The first kappa shape index (κ1) is 31.9. The molecule has 56 heavy (non-hydrogen) atoms. The molecule has 0 atom stereocenters. The molecule has 3 aliphatic rings. The normalized spacial score (nSPS) is 15.9. The summed E-state index contributed by atoms with van der Waals surface area (Å²) < 4.78 is 2.64. The van der Waals surface area contributed by atoms with Gasteiger partial charge in [-0.2, -0.15) is 0 Å². The van der Waals surface area contributed by atoms with Gasteiger partial charge in [0.2, 0.25) is 0 Å². The van der Waals surface area contributed by atoms with Crippen molar-refractivity contribution < 1.29 is 0 Å². The molecule has 1 heterocycles. The van der Waals surface area contributed by atoms with Crippen molar-refractivity contribution in [1.82, 2.24) is 4.57 Å². The Morgan fingerprint density at radius 2 is 0.875 bits per heavy atom. The van der Waals surface area contributed by atoms with Crippen molar-refractivity contribution >= 4 is 21.8 Å². The van der Waals surface area contributed by atoms with Gasteiger partial charge in [0, 0.05) is 27.3 Å². The molecule has 0 amide bonds. The highest BCUT2D eigenvalue weighted by molar-refractivity contribution is 6.20. The number of aromatic nitrogens is 1. The molecule has 1 nitrogen and oxygen atoms in total. The second-order valence-electron chi connectivity index (χ2n) is 17.2. The molecule has 1 aromatic heterocycles. The van der Waals surface area contributed by atoms with Crippen molar-refractivity contribution in [1.29, 1.82) is 0 Å². The van der Waals surface area contributed by atoms with Crippen LogP contribution in [0.3, 0.4) is 0 Å². The summed E-state index contributed by atoms with van der Waals surface area (Å²) in [5.41, 5.74) is 22.0. The molecule has 8 aromatic carbocycles. The molecule has 3 aliphatic carbocycles. The molecule has 0 bridgehead atoms. The van der Waals surface area contributed by atoms with E-state index >= 15 is 0 Å².